The molecule has 0 saturated heterocycles. The van der Waals surface area contributed by atoms with Crippen molar-refractivity contribution in [2.24, 2.45) is 5.92 Å². The Bertz CT molecular complexity index is 191. The molecular weight excluding hydrogens is 192 g/mol. The van der Waals surface area contributed by atoms with E-state index < -0.39 is 0 Å². The molecule has 2 atom stereocenters. The summed E-state index contributed by atoms with van der Waals surface area (Å²) in [6.45, 7) is 2.97. The van der Waals surface area contributed by atoms with Gasteiger partial charge in [-0.15, -0.1) is 0 Å². The van der Waals surface area contributed by atoms with E-state index >= 15 is 0 Å². The maximum Gasteiger partial charge on any atom is 0.305 e. The van der Waals surface area contributed by atoms with Crippen molar-refractivity contribution in [2.45, 2.75) is 51.6 Å². The molecule has 1 rings (SSSR count). The standard InChI is InChI=1S/C12H22O3/c1-10-5-3-6-11(9-10)15-8-4-7-12(13)14-2/h10-11H,3-9H2,1-2H3. The molecule has 1 saturated carbocycles. The Labute approximate surface area is 92.1 Å². The fourth-order valence-corrected chi connectivity index (χ4v) is 2.10. The van der Waals surface area contributed by atoms with Crippen LogP contribution in [0.15, 0.2) is 0 Å². The number of ether oxygens (including phenoxy) is 2. The third-order valence-corrected chi connectivity index (χ3v) is 2.99. The fourth-order valence-electron chi connectivity index (χ4n) is 2.10. The van der Waals surface area contributed by atoms with Crippen LogP contribution in [0.2, 0.25) is 0 Å². The summed E-state index contributed by atoms with van der Waals surface area (Å²) in [4.78, 5) is 10.8. The molecule has 0 bridgehead atoms. The first-order valence-electron chi connectivity index (χ1n) is 5.90. The summed E-state index contributed by atoms with van der Waals surface area (Å²) in [5.41, 5.74) is 0. The Morgan fingerprint density at radius 2 is 2.20 bits per heavy atom. The zero-order valence-electron chi connectivity index (χ0n) is 9.83. The van der Waals surface area contributed by atoms with E-state index in [2.05, 4.69) is 11.7 Å². The predicted molar refractivity (Wildman–Crippen MR) is 58.6 cm³/mol. The fraction of sp³-hybridized carbons (Fsp3) is 0.917. The second-order valence-corrected chi connectivity index (χ2v) is 4.44. The molecule has 1 fully saturated rings. The first-order valence-corrected chi connectivity index (χ1v) is 5.90. The summed E-state index contributed by atoms with van der Waals surface area (Å²) >= 11 is 0. The van der Waals surface area contributed by atoms with Crippen molar-refractivity contribution in [2.75, 3.05) is 13.7 Å². The molecule has 0 N–H and O–H groups in total. The van der Waals surface area contributed by atoms with Gasteiger partial charge in [-0.3, -0.25) is 4.79 Å². The van der Waals surface area contributed by atoms with Gasteiger partial charge in [-0.1, -0.05) is 19.8 Å². The Morgan fingerprint density at radius 1 is 1.40 bits per heavy atom. The van der Waals surface area contributed by atoms with Crippen molar-refractivity contribution in [1.29, 1.82) is 0 Å². The monoisotopic (exact) mass is 214 g/mol. The summed E-state index contributed by atoms with van der Waals surface area (Å²) in [7, 11) is 1.42. The normalized spacial score (nSPS) is 26.3. The van der Waals surface area contributed by atoms with Crippen molar-refractivity contribution in [3.63, 3.8) is 0 Å². The quantitative estimate of drug-likeness (QED) is 0.521. The van der Waals surface area contributed by atoms with E-state index in [0.29, 0.717) is 19.1 Å². The molecule has 0 aromatic rings. The van der Waals surface area contributed by atoms with Gasteiger partial charge in [-0.25, -0.2) is 0 Å². The molecule has 0 heterocycles. The smallest absolute Gasteiger partial charge is 0.305 e. The molecule has 88 valence electrons. The number of hydrogen-bond donors (Lipinski definition) is 0. The number of esters is 1. The Kier molecular flexibility index (Phi) is 5.69. The molecule has 0 aliphatic heterocycles. The highest BCUT2D eigenvalue weighted by Gasteiger charge is 2.18. The van der Waals surface area contributed by atoms with Gasteiger partial charge in [0.2, 0.25) is 0 Å². The second kappa shape index (κ2) is 6.83. The lowest BCUT2D eigenvalue weighted by molar-refractivity contribution is -0.141. The Morgan fingerprint density at radius 3 is 2.87 bits per heavy atom. The van der Waals surface area contributed by atoms with Crippen LogP contribution in [-0.2, 0) is 14.3 Å². The summed E-state index contributed by atoms with van der Waals surface area (Å²) < 4.78 is 10.3. The van der Waals surface area contributed by atoms with Crippen LogP contribution in [-0.4, -0.2) is 25.8 Å². The zero-order valence-corrected chi connectivity index (χ0v) is 9.83. The van der Waals surface area contributed by atoms with Gasteiger partial charge in [0, 0.05) is 13.0 Å². The molecule has 0 radical (unpaired) electrons. The third-order valence-electron chi connectivity index (χ3n) is 2.99. The molecule has 0 amide bonds. The van der Waals surface area contributed by atoms with Crippen LogP contribution in [0.5, 0.6) is 0 Å². The number of hydrogen-bond acceptors (Lipinski definition) is 3. The van der Waals surface area contributed by atoms with Gasteiger partial charge >= 0.3 is 5.97 Å². The highest BCUT2D eigenvalue weighted by Crippen LogP contribution is 2.25. The first kappa shape index (κ1) is 12.5. The van der Waals surface area contributed by atoms with Crippen LogP contribution in [0.4, 0.5) is 0 Å². The van der Waals surface area contributed by atoms with E-state index in [9.17, 15) is 4.79 Å². The first-order chi connectivity index (χ1) is 7.22. The molecular formula is C12H22O3. The van der Waals surface area contributed by atoms with Gasteiger partial charge < -0.3 is 9.47 Å². The molecule has 1 aliphatic rings. The maximum atomic E-state index is 10.8. The van der Waals surface area contributed by atoms with Gasteiger partial charge in [0.15, 0.2) is 0 Å². The highest BCUT2D eigenvalue weighted by atomic mass is 16.5. The van der Waals surface area contributed by atoms with Crippen LogP contribution in [0.1, 0.15) is 45.4 Å². The van der Waals surface area contributed by atoms with E-state index in [1.807, 2.05) is 0 Å². The van der Waals surface area contributed by atoms with Crippen LogP contribution >= 0.6 is 0 Å². The zero-order chi connectivity index (χ0) is 11.1. The Hall–Kier alpha value is -0.570. The van der Waals surface area contributed by atoms with Gasteiger partial charge in [0.1, 0.15) is 0 Å². The van der Waals surface area contributed by atoms with Crippen molar-refractivity contribution < 1.29 is 14.3 Å². The topological polar surface area (TPSA) is 35.5 Å². The molecule has 3 nitrogen and oxygen atoms in total. The van der Waals surface area contributed by atoms with Crippen LogP contribution in [0.3, 0.4) is 0 Å². The minimum Gasteiger partial charge on any atom is -0.469 e. The van der Waals surface area contributed by atoms with E-state index in [1.54, 1.807) is 0 Å². The average molecular weight is 214 g/mol. The SMILES string of the molecule is COC(=O)CCCOC1CCCC(C)C1. The lowest BCUT2D eigenvalue weighted by atomic mass is 9.89. The highest BCUT2D eigenvalue weighted by molar-refractivity contribution is 5.68. The molecule has 0 spiro atoms. The summed E-state index contributed by atoms with van der Waals surface area (Å²) in [6, 6.07) is 0. The number of carbonyl (C=O) groups excluding carboxylic acids is 1. The van der Waals surface area contributed by atoms with Crippen LogP contribution < -0.4 is 0 Å². The lowest BCUT2D eigenvalue weighted by Gasteiger charge is -2.26. The number of methoxy groups -OCH3 is 1. The van der Waals surface area contributed by atoms with Gasteiger partial charge in [-0.2, -0.15) is 0 Å². The average Bonchev–Trinajstić information content (AvgIpc) is 2.24. The van der Waals surface area contributed by atoms with Crippen LogP contribution in [0.25, 0.3) is 0 Å². The summed E-state index contributed by atoms with van der Waals surface area (Å²) in [6.07, 6.45) is 6.65. The maximum absolute atomic E-state index is 10.8. The Balaban J connectivity index is 2.02. The molecule has 15 heavy (non-hydrogen) atoms. The third kappa shape index (κ3) is 5.17. The van der Waals surface area contributed by atoms with Gasteiger partial charge in [0.05, 0.1) is 13.2 Å². The largest absolute Gasteiger partial charge is 0.469 e. The van der Waals surface area contributed by atoms with E-state index in [1.165, 1.54) is 32.8 Å². The van der Waals surface area contributed by atoms with Crippen molar-refractivity contribution in [3.8, 4) is 0 Å². The predicted octanol–water partition coefficient (Wildman–Crippen LogP) is 2.53. The lowest BCUT2D eigenvalue weighted by Crippen LogP contribution is -2.22. The van der Waals surface area contributed by atoms with E-state index in [0.717, 1.165) is 12.3 Å². The number of rotatable bonds is 5. The van der Waals surface area contributed by atoms with Crippen molar-refractivity contribution in [3.05, 3.63) is 0 Å². The minimum absolute atomic E-state index is 0.143. The van der Waals surface area contributed by atoms with Crippen molar-refractivity contribution >= 4 is 5.97 Å². The summed E-state index contributed by atoms with van der Waals surface area (Å²) in [5.74, 6) is 0.653. The summed E-state index contributed by atoms with van der Waals surface area (Å²) in [5, 5.41) is 0. The van der Waals surface area contributed by atoms with Crippen LogP contribution in [0, 0.1) is 5.92 Å². The van der Waals surface area contributed by atoms with Gasteiger partial charge in [-0.05, 0) is 25.2 Å². The minimum atomic E-state index is -0.143. The molecule has 1 aliphatic carbocycles. The molecule has 3 heteroatoms. The molecule has 0 aromatic heterocycles. The second-order valence-electron chi connectivity index (χ2n) is 4.44. The van der Waals surface area contributed by atoms with Gasteiger partial charge in [0.25, 0.3) is 0 Å². The number of carbonyl (C=O) groups is 1. The van der Waals surface area contributed by atoms with Crippen molar-refractivity contribution in [1.82, 2.24) is 0 Å². The van der Waals surface area contributed by atoms with E-state index in [-0.39, 0.29) is 5.97 Å². The molecule has 0 aromatic carbocycles. The molecule has 2 unspecified atom stereocenters. The van der Waals surface area contributed by atoms with E-state index in [4.69, 9.17) is 4.74 Å².